The molecule has 4 rings (SSSR count). The minimum absolute atomic E-state index is 0.0267. The predicted octanol–water partition coefficient (Wildman–Crippen LogP) is 4.01. The first kappa shape index (κ1) is 30.0. The van der Waals surface area contributed by atoms with Crippen molar-refractivity contribution in [2.24, 2.45) is 10.7 Å². The Bertz CT molecular complexity index is 1430. The zero-order valence-electron chi connectivity index (χ0n) is 22.9. The van der Waals surface area contributed by atoms with Crippen molar-refractivity contribution in [3.05, 3.63) is 95.1 Å². The summed E-state index contributed by atoms with van der Waals surface area (Å²) < 4.78 is 0. The van der Waals surface area contributed by atoms with Crippen LogP contribution in [0.2, 0.25) is 0 Å². The highest BCUT2D eigenvalue weighted by Crippen LogP contribution is 2.39. The van der Waals surface area contributed by atoms with Crippen molar-refractivity contribution in [2.45, 2.75) is 48.6 Å². The minimum atomic E-state index is -0.848. The topological polar surface area (TPSA) is 150 Å². The number of halogens is 1. The van der Waals surface area contributed by atoms with E-state index in [1.807, 2.05) is 44.2 Å². The number of nitrogens with two attached hydrogens (primary N) is 2. The maximum atomic E-state index is 13.7. The van der Waals surface area contributed by atoms with E-state index >= 15 is 0 Å². The Kier molecular flexibility index (Phi) is 9.91. The largest absolute Gasteiger partial charge is 0.399 e. The van der Waals surface area contributed by atoms with Gasteiger partial charge in [-0.3, -0.25) is 15.0 Å². The third kappa shape index (κ3) is 7.80. The van der Waals surface area contributed by atoms with Crippen LogP contribution in [-0.4, -0.2) is 46.5 Å². The highest BCUT2D eigenvalue weighted by Gasteiger charge is 2.40. The van der Waals surface area contributed by atoms with Gasteiger partial charge in [0.1, 0.15) is 12.4 Å². The number of anilines is 1. The summed E-state index contributed by atoms with van der Waals surface area (Å²) in [5.74, 6) is 0.0315. The number of nitrogens with one attached hydrogen (secondary N) is 3. The van der Waals surface area contributed by atoms with E-state index in [2.05, 4.69) is 27.8 Å². The Hall–Kier alpha value is -4.02. The molecular formula is C30H34ClN7O2S. The number of amidine groups is 2. The number of benzene rings is 3. The quantitative estimate of drug-likeness (QED) is 0.0600. The number of rotatable bonds is 10. The van der Waals surface area contributed by atoms with E-state index in [-0.39, 0.29) is 36.7 Å². The number of carbonyl (C=O) groups excluding carboxylic acids is 2. The van der Waals surface area contributed by atoms with Crippen LogP contribution in [-0.2, 0) is 21.9 Å². The van der Waals surface area contributed by atoms with Crippen LogP contribution in [0, 0.1) is 5.41 Å². The second-order valence-corrected chi connectivity index (χ2v) is 11.5. The number of aliphatic imine (C=N–C) groups is 1. The van der Waals surface area contributed by atoms with Crippen LogP contribution in [0.1, 0.15) is 42.1 Å². The summed E-state index contributed by atoms with van der Waals surface area (Å²) in [4.78, 5) is 33.7. The molecule has 0 fully saturated rings. The summed E-state index contributed by atoms with van der Waals surface area (Å²) in [5, 5.41) is 13.5. The van der Waals surface area contributed by atoms with Crippen molar-refractivity contribution in [3.63, 3.8) is 0 Å². The summed E-state index contributed by atoms with van der Waals surface area (Å²) in [6, 6.07) is 21.8. The Morgan fingerprint density at radius 3 is 2.46 bits per heavy atom. The molecule has 7 N–H and O–H groups in total. The van der Waals surface area contributed by atoms with Gasteiger partial charge in [0.2, 0.25) is 5.91 Å². The molecule has 1 aliphatic rings. The number of alkyl halides is 1. The lowest BCUT2D eigenvalue weighted by Crippen LogP contribution is -2.54. The van der Waals surface area contributed by atoms with E-state index in [0.29, 0.717) is 17.0 Å². The van der Waals surface area contributed by atoms with Crippen molar-refractivity contribution >= 4 is 52.5 Å². The molecule has 2 amide bonds. The van der Waals surface area contributed by atoms with Gasteiger partial charge in [-0.05, 0) is 48.7 Å². The van der Waals surface area contributed by atoms with Crippen molar-refractivity contribution in [3.8, 4) is 0 Å². The molecule has 0 spiro atoms. The first-order chi connectivity index (χ1) is 19.6. The van der Waals surface area contributed by atoms with Crippen LogP contribution >= 0.6 is 23.4 Å². The fourth-order valence-corrected chi connectivity index (χ4v) is 5.79. The number of nitrogen functional groups attached to an aromatic ring is 2. The molecular weight excluding hydrogens is 558 g/mol. The molecule has 0 radical (unpaired) electrons. The van der Waals surface area contributed by atoms with Crippen LogP contribution in [0.15, 0.2) is 82.7 Å². The zero-order chi connectivity index (χ0) is 29.5. The second kappa shape index (κ2) is 13.6. The van der Waals surface area contributed by atoms with Gasteiger partial charge >= 0.3 is 0 Å². The third-order valence-electron chi connectivity index (χ3n) is 6.40. The molecule has 214 valence electrons. The molecule has 3 aromatic carbocycles. The number of hydrogen-bond donors (Lipinski definition) is 5. The van der Waals surface area contributed by atoms with Crippen LogP contribution in [0.3, 0.4) is 0 Å². The van der Waals surface area contributed by atoms with Gasteiger partial charge in [-0.2, -0.15) is 0 Å². The van der Waals surface area contributed by atoms with E-state index < -0.39 is 17.5 Å². The van der Waals surface area contributed by atoms with Gasteiger partial charge in [0.05, 0.1) is 6.04 Å². The van der Waals surface area contributed by atoms with Gasteiger partial charge < -0.3 is 27.0 Å². The predicted molar refractivity (Wildman–Crippen MR) is 166 cm³/mol. The Labute approximate surface area is 249 Å². The Morgan fingerprint density at radius 2 is 1.80 bits per heavy atom. The normalized spacial score (nSPS) is 16.8. The first-order valence-corrected chi connectivity index (χ1v) is 14.6. The molecule has 0 aromatic heterocycles. The SMILES string of the molecule is CC(C)NC1=NC(Cl)C(c2cc(N)ccc2SCc2ccccc2)N(CC(=O)NCc2ccc(C(=N)N)cc2)C1=O. The lowest BCUT2D eigenvalue weighted by Gasteiger charge is -2.38. The summed E-state index contributed by atoms with van der Waals surface area (Å²) in [5.41, 5.74) is 14.7. The first-order valence-electron chi connectivity index (χ1n) is 13.2. The number of nitrogens with zero attached hydrogens (tertiary/aromatic N) is 2. The lowest BCUT2D eigenvalue weighted by molar-refractivity contribution is -0.134. The fraction of sp³-hybridized carbons (Fsp3) is 0.267. The monoisotopic (exact) mass is 591 g/mol. The average Bonchev–Trinajstić information content (AvgIpc) is 2.94. The van der Waals surface area contributed by atoms with Gasteiger partial charge in [0.25, 0.3) is 5.91 Å². The molecule has 1 heterocycles. The molecule has 2 unspecified atom stereocenters. The smallest absolute Gasteiger partial charge is 0.290 e. The van der Waals surface area contributed by atoms with E-state index in [1.54, 1.807) is 42.1 Å². The highest BCUT2D eigenvalue weighted by molar-refractivity contribution is 7.98. The molecule has 11 heteroatoms. The van der Waals surface area contributed by atoms with Crippen molar-refractivity contribution in [1.29, 1.82) is 5.41 Å². The molecule has 0 bridgehead atoms. The van der Waals surface area contributed by atoms with Crippen molar-refractivity contribution < 1.29 is 9.59 Å². The molecule has 3 aromatic rings. The summed E-state index contributed by atoms with van der Waals surface area (Å²) in [6.45, 7) is 3.82. The van der Waals surface area contributed by atoms with E-state index in [9.17, 15) is 9.59 Å². The number of hydrogen-bond acceptors (Lipinski definition) is 7. The van der Waals surface area contributed by atoms with Crippen LogP contribution in [0.5, 0.6) is 0 Å². The van der Waals surface area contributed by atoms with E-state index in [0.717, 1.165) is 21.6 Å². The molecule has 41 heavy (non-hydrogen) atoms. The molecule has 0 saturated carbocycles. The minimum Gasteiger partial charge on any atom is -0.399 e. The fourth-order valence-electron chi connectivity index (χ4n) is 4.40. The molecule has 0 aliphatic carbocycles. The van der Waals surface area contributed by atoms with Crippen molar-refractivity contribution in [1.82, 2.24) is 15.5 Å². The van der Waals surface area contributed by atoms with Gasteiger partial charge in [-0.1, -0.05) is 66.2 Å². The molecule has 0 saturated heterocycles. The highest BCUT2D eigenvalue weighted by atomic mass is 35.5. The Balaban J connectivity index is 1.60. The number of thioether (sulfide) groups is 1. The summed E-state index contributed by atoms with van der Waals surface area (Å²) >= 11 is 8.47. The van der Waals surface area contributed by atoms with E-state index in [4.69, 9.17) is 28.5 Å². The second-order valence-electron chi connectivity index (χ2n) is 9.99. The summed E-state index contributed by atoms with van der Waals surface area (Å²) in [7, 11) is 0. The lowest BCUT2D eigenvalue weighted by atomic mass is 10.0. The standard InChI is InChI=1S/C30H34ClN7O2S/c1-18(2)36-29-30(40)38(16-25(39)35-15-19-8-10-21(11-9-19)28(33)34)26(27(31)37-29)23-14-22(32)12-13-24(23)41-17-20-6-4-3-5-7-20/h3-14,18,26-27H,15-17,32H2,1-2H3,(H3,33,34)(H,35,39)(H,36,37). The molecule has 2 atom stereocenters. The van der Waals surface area contributed by atoms with Crippen molar-refractivity contribution in [2.75, 3.05) is 12.3 Å². The number of carbonyl (C=O) groups is 2. The summed E-state index contributed by atoms with van der Waals surface area (Å²) in [6.07, 6.45) is 0. The maximum Gasteiger partial charge on any atom is 0.290 e. The van der Waals surface area contributed by atoms with Crippen LogP contribution < -0.4 is 22.1 Å². The van der Waals surface area contributed by atoms with Crippen LogP contribution in [0.25, 0.3) is 0 Å². The third-order valence-corrected chi connectivity index (χ3v) is 7.89. The molecule has 1 aliphatic heterocycles. The van der Waals surface area contributed by atoms with Gasteiger partial charge in [-0.25, -0.2) is 4.99 Å². The maximum absolute atomic E-state index is 13.7. The average molecular weight is 592 g/mol. The molecule has 9 nitrogen and oxygen atoms in total. The van der Waals surface area contributed by atoms with Gasteiger partial charge in [-0.15, -0.1) is 11.8 Å². The van der Waals surface area contributed by atoms with E-state index in [1.165, 1.54) is 4.90 Å². The number of amides is 2. The Morgan fingerprint density at radius 1 is 1.10 bits per heavy atom. The van der Waals surface area contributed by atoms with Crippen LogP contribution in [0.4, 0.5) is 5.69 Å². The van der Waals surface area contributed by atoms with Gasteiger partial charge in [0, 0.05) is 34.5 Å². The zero-order valence-corrected chi connectivity index (χ0v) is 24.5. The van der Waals surface area contributed by atoms with Gasteiger partial charge in [0.15, 0.2) is 11.3 Å².